The van der Waals surface area contributed by atoms with Crippen LogP contribution >= 0.6 is 15.9 Å². The van der Waals surface area contributed by atoms with Gasteiger partial charge >= 0.3 is 5.69 Å². The number of carbonyl (C=O) groups excluding carboxylic acids is 1. The summed E-state index contributed by atoms with van der Waals surface area (Å²) in [4.78, 5) is 44.0. The Morgan fingerprint density at radius 3 is 3.00 bits per heavy atom. The lowest BCUT2D eigenvalue weighted by Gasteiger charge is -2.36. The predicted molar refractivity (Wildman–Crippen MR) is 90.6 cm³/mol. The van der Waals surface area contributed by atoms with Gasteiger partial charge < -0.3 is 10.2 Å². The van der Waals surface area contributed by atoms with Gasteiger partial charge in [0.1, 0.15) is 6.54 Å². The quantitative estimate of drug-likeness (QED) is 0.756. The van der Waals surface area contributed by atoms with Crippen LogP contribution < -0.4 is 16.6 Å². The Kier molecular flexibility index (Phi) is 4.91. The van der Waals surface area contributed by atoms with E-state index in [0.717, 1.165) is 5.56 Å². The first-order valence-corrected chi connectivity index (χ1v) is 8.25. The summed E-state index contributed by atoms with van der Waals surface area (Å²) in [5, 5.41) is 3.26. The van der Waals surface area contributed by atoms with Crippen LogP contribution in [0.5, 0.6) is 0 Å². The van der Waals surface area contributed by atoms with Crippen molar-refractivity contribution in [1.29, 1.82) is 0 Å². The lowest BCUT2D eigenvalue weighted by molar-refractivity contribution is -0.135. The van der Waals surface area contributed by atoms with E-state index in [4.69, 9.17) is 0 Å². The molecule has 9 heteroatoms. The molecule has 2 aromatic heterocycles. The molecule has 1 aliphatic rings. The molecule has 1 saturated heterocycles. The summed E-state index contributed by atoms with van der Waals surface area (Å²) in [6.45, 7) is 1.72. The molecular weight excluding hydrogens is 378 g/mol. The number of hydrogen-bond acceptors (Lipinski definition) is 5. The van der Waals surface area contributed by atoms with E-state index in [0.29, 0.717) is 19.6 Å². The molecule has 1 amide bonds. The number of amides is 1. The van der Waals surface area contributed by atoms with E-state index in [1.165, 1.54) is 10.8 Å². The first-order valence-electron chi connectivity index (χ1n) is 7.45. The Hall–Kier alpha value is -2.26. The van der Waals surface area contributed by atoms with Gasteiger partial charge in [-0.25, -0.2) is 4.79 Å². The molecule has 0 aliphatic carbocycles. The van der Waals surface area contributed by atoms with Crippen LogP contribution in [-0.2, 0) is 11.3 Å². The number of aromatic nitrogens is 3. The third-order valence-corrected chi connectivity index (χ3v) is 4.47. The van der Waals surface area contributed by atoms with Crippen molar-refractivity contribution < 1.29 is 4.79 Å². The maximum atomic E-state index is 12.7. The van der Waals surface area contributed by atoms with Crippen molar-refractivity contribution in [1.82, 2.24) is 24.8 Å². The second kappa shape index (κ2) is 7.10. The highest BCUT2D eigenvalue weighted by Crippen LogP contribution is 2.21. The van der Waals surface area contributed by atoms with E-state index in [-0.39, 0.29) is 23.0 Å². The molecule has 0 radical (unpaired) electrons. The van der Waals surface area contributed by atoms with Crippen LogP contribution in [-0.4, -0.2) is 45.0 Å². The zero-order valence-electron chi connectivity index (χ0n) is 12.7. The number of H-pyrrole nitrogens is 1. The Morgan fingerprint density at radius 1 is 1.42 bits per heavy atom. The van der Waals surface area contributed by atoms with E-state index < -0.39 is 11.2 Å². The number of piperazine rings is 1. The van der Waals surface area contributed by atoms with Crippen LogP contribution in [0, 0.1) is 0 Å². The summed E-state index contributed by atoms with van der Waals surface area (Å²) < 4.78 is 1.40. The fraction of sp³-hybridized carbons (Fsp3) is 0.333. The number of nitrogens with one attached hydrogen (secondary N) is 2. The molecule has 2 aromatic rings. The van der Waals surface area contributed by atoms with Crippen molar-refractivity contribution in [2.45, 2.75) is 12.6 Å². The first kappa shape index (κ1) is 16.6. The molecule has 1 unspecified atom stereocenters. The number of rotatable bonds is 3. The van der Waals surface area contributed by atoms with Gasteiger partial charge in [-0.1, -0.05) is 6.07 Å². The third-order valence-electron chi connectivity index (χ3n) is 3.91. The molecule has 0 aromatic carbocycles. The highest BCUT2D eigenvalue weighted by molar-refractivity contribution is 9.10. The van der Waals surface area contributed by atoms with Gasteiger partial charge in [-0.3, -0.25) is 24.1 Å². The number of aromatic amines is 1. The molecule has 1 aliphatic heterocycles. The average Bonchev–Trinajstić information content (AvgIpc) is 2.60. The van der Waals surface area contributed by atoms with Crippen LogP contribution in [0.2, 0.25) is 0 Å². The first-order chi connectivity index (χ1) is 11.6. The summed E-state index contributed by atoms with van der Waals surface area (Å²) in [5.74, 6) is -0.189. The number of halogens is 1. The van der Waals surface area contributed by atoms with E-state index in [9.17, 15) is 14.4 Å². The number of pyridine rings is 1. The summed E-state index contributed by atoms with van der Waals surface area (Å²) in [6.07, 6.45) is 4.75. The van der Waals surface area contributed by atoms with Gasteiger partial charge in [-0.2, -0.15) is 0 Å². The highest BCUT2D eigenvalue weighted by atomic mass is 79.9. The molecular formula is C15H16BrN5O3. The maximum Gasteiger partial charge on any atom is 0.328 e. The van der Waals surface area contributed by atoms with Crippen molar-refractivity contribution in [3.8, 4) is 0 Å². The largest absolute Gasteiger partial charge is 0.331 e. The fourth-order valence-corrected chi connectivity index (χ4v) is 3.06. The van der Waals surface area contributed by atoms with Gasteiger partial charge in [-0.05, 0) is 27.6 Å². The van der Waals surface area contributed by atoms with Crippen molar-refractivity contribution in [3.63, 3.8) is 0 Å². The van der Waals surface area contributed by atoms with Gasteiger partial charge in [0.15, 0.2) is 0 Å². The lowest BCUT2D eigenvalue weighted by atomic mass is 10.1. The summed E-state index contributed by atoms with van der Waals surface area (Å²) >= 11 is 3.07. The molecule has 8 nitrogen and oxygen atoms in total. The van der Waals surface area contributed by atoms with Gasteiger partial charge in [-0.15, -0.1) is 0 Å². The zero-order chi connectivity index (χ0) is 17.1. The Balaban J connectivity index is 1.84. The monoisotopic (exact) mass is 393 g/mol. The van der Waals surface area contributed by atoms with Gasteiger partial charge in [0.25, 0.3) is 5.56 Å². The van der Waals surface area contributed by atoms with Crippen molar-refractivity contribution >= 4 is 21.8 Å². The standard InChI is InChI=1S/C15H16BrN5O3/c16-11-8-20(15(24)19-14(11)23)9-13(22)21-5-4-18-7-12(21)10-2-1-3-17-6-10/h1-3,6,8,12,18H,4-5,7,9H2,(H,19,23,24). The van der Waals surface area contributed by atoms with E-state index in [2.05, 4.69) is 31.2 Å². The zero-order valence-corrected chi connectivity index (χ0v) is 14.3. The smallest absolute Gasteiger partial charge is 0.328 e. The summed E-state index contributed by atoms with van der Waals surface area (Å²) in [5.41, 5.74) is -0.184. The minimum Gasteiger partial charge on any atom is -0.331 e. The third kappa shape index (κ3) is 3.46. The van der Waals surface area contributed by atoms with Crippen LogP contribution in [0.25, 0.3) is 0 Å². The average molecular weight is 394 g/mol. The normalized spacial score (nSPS) is 17.7. The minimum atomic E-state index is -0.607. The second-order valence-electron chi connectivity index (χ2n) is 5.46. The second-order valence-corrected chi connectivity index (χ2v) is 6.31. The maximum absolute atomic E-state index is 12.7. The van der Waals surface area contributed by atoms with Crippen LogP contribution in [0.4, 0.5) is 0 Å². The van der Waals surface area contributed by atoms with Gasteiger partial charge in [0.2, 0.25) is 5.91 Å². The van der Waals surface area contributed by atoms with Crippen molar-refractivity contribution in [2.75, 3.05) is 19.6 Å². The van der Waals surface area contributed by atoms with Crippen LogP contribution in [0.3, 0.4) is 0 Å². The van der Waals surface area contributed by atoms with E-state index in [1.54, 1.807) is 17.3 Å². The molecule has 1 atom stereocenters. The highest BCUT2D eigenvalue weighted by Gasteiger charge is 2.28. The van der Waals surface area contributed by atoms with Crippen molar-refractivity contribution in [3.05, 3.63) is 61.6 Å². The van der Waals surface area contributed by atoms with Crippen molar-refractivity contribution in [2.24, 2.45) is 0 Å². The minimum absolute atomic E-state index is 0.134. The molecule has 2 N–H and O–H groups in total. The molecule has 0 bridgehead atoms. The van der Waals surface area contributed by atoms with E-state index >= 15 is 0 Å². The number of hydrogen-bond donors (Lipinski definition) is 2. The Labute approximate surface area is 145 Å². The van der Waals surface area contributed by atoms with Gasteiger partial charge in [0, 0.05) is 38.2 Å². The Bertz CT molecular complexity index is 848. The van der Waals surface area contributed by atoms with Crippen LogP contribution in [0.1, 0.15) is 11.6 Å². The molecule has 24 heavy (non-hydrogen) atoms. The molecule has 126 valence electrons. The Morgan fingerprint density at radius 2 is 2.25 bits per heavy atom. The topological polar surface area (TPSA) is 100 Å². The molecule has 1 fully saturated rings. The van der Waals surface area contributed by atoms with Crippen LogP contribution in [0.15, 0.2) is 44.8 Å². The molecule has 0 saturated carbocycles. The summed E-state index contributed by atoms with van der Waals surface area (Å²) in [6, 6.07) is 3.62. The molecule has 3 rings (SSSR count). The summed E-state index contributed by atoms with van der Waals surface area (Å²) in [7, 11) is 0. The SMILES string of the molecule is O=C(Cn1cc(Br)c(=O)[nH]c1=O)N1CCNCC1c1cccnc1. The predicted octanol–water partition coefficient (Wildman–Crippen LogP) is -0.133. The van der Waals surface area contributed by atoms with Gasteiger partial charge in [0.05, 0.1) is 10.5 Å². The molecule has 3 heterocycles. The fourth-order valence-electron chi connectivity index (χ4n) is 2.71. The molecule has 0 spiro atoms. The number of nitrogens with zero attached hydrogens (tertiary/aromatic N) is 3. The van der Waals surface area contributed by atoms with E-state index in [1.807, 2.05) is 12.1 Å². The number of carbonyl (C=O) groups is 1. The lowest BCUT2D eigenvalue weighted by Crippen LogP contribution is -2.50.